The van der Waals surface area contributed by atoms with Crippen molar-refractivity contribution >= 4 is 22.6 Å². The lowest BCUT2D eigenvalue weighted by Gasteiger charge is -2.30. The summed E-state index contributed by atoms with van der Waals surface area (Å²) in [7, 11) is 3.89. The summed E-state index contributed by atoms with van der Waals surface area (Å²) in [6.45, 7) is 8.07. The molecule has 27 heavy (non-hydrogen) atoms. The quantitative estimate of drug-likeness (QED) is 0.750. The average Bonchev–Trinajstić information content (AvgIpc) is 3.05. The molecule has 1 saturated heterocycles. The smallest absolute Gasteiger partial charge is 0.354 e. The molecule has 2 aromatic rings. The van der Waals surface area contributed by atoms with Gasteiger partial charge < -0.3 is 29.0 Å². The van der Waals surface area contributed by atoms with Crippen LogP contribution < -0.4 is 9.64 Å². The fourth-order valence-corrected chi connectivity index (χ4v) is 3.11. The highest BCUT2D eigenvalue weighted by molar-refractivity contribution is 6.01. The van der Waals surface area contributed by atoms with Crippen molar-refractivity contribution in [1.82, 2.24) is 9.88 Å². The van der Waals surface area contributed by atoms with Gasteiger partial charge in [-0.2, -0.15) is 0 Å². The summed E-state index contributed by atoms with van der Waals surface area (Å²) < 4.78 is 16.8. The van der Waals surface area contributed by atoms with Crippen molar-refractivity contribution in [2.24, 2.45) is 0 Å². The number of carbonyl (C=O) groups is 1. The number of anilines is 1. The summed E-state index contributed by atoms with van der Waals surface area (Å²) in [6, 6.07) is 5.86. The van der Waals surface area contributed by atoms with Crippen LogP contribution in [0.1, 0.15) is 24.3 Å². The summed E-state index contributed by atoms with van der Waals surface area (Å²) in [5, 5.41) is 0.993. The number of carbonyl (C=O) groups excluding carboxylic acids is 1. The normalized spacial score (nSPS) is 15.0. The van der Waals surface area contributed by atoms with Crippen molar-refractivity contribution < 1.29 is 19.0 Å². The number of morpholine rings is 1. The third-order valence-electron chi connectivity index (χ3n) is 4.40. The molecule has 1 aromatic carbocycles. The van der Waals surface area contributed by atoms with Crippen LogP contribution in [0, 0.1) is 0 Å². The molecule has 7 nitrogen and oxygen atoms in total. The number of aromatic nitrogens is 1. The van der Waals surface area contributed by atoms with Gasteiger partial charge in [0.05, 0.1) is 30.5 Å². The molecule has 148 valence electrons. The minimum absolute atomic E-state index is 0.0745. The highest BCUT2D eigenvalue weighted by Crippen LogP contribution is 2.33. The number of benzene rings is 1. The highest BCUT2D eigenvalue weighted by atomic mass is 16.5. The van der Waals surface area contributed by atoms with Crippen LogP contribution in [0.2, 0.25) is 0 Å². The highest BCUT2D eigenvalue weighted by Gasteiger charge is 2.19. The Kier molecular flexibility index (Phi) is 6.23. The number of fused-ring (bicyclic) bond motifs is 1. The van der Waals surface area contributed by atoms with Gasteiger partial charge in [-0.3, -0.25) is 0 Å². The molecule has 0 spiro atoms. The number of aromatic amines is 1. The van der Waals surface area contributed by atoms with E-state index in [1.807, 2.05) is 51.0 Å². The van der Waals surface area contributed by atoms with Crippen LogP contribution in [0.15, 0.2) is 18.2 Å². The lowest BCUT2D eigenvalue weighted by Crippen LogP contribution is -2.36. The molecule has 7 heteroatoms. The first-order chi connectivity index (χ1) is 12.9. The molecule has 2 heterocycles. The van der Waals surface area contributed by atoms with Gasteiger partial charge in [-0.15, -0.1) is 0 Å². The second-order valence-corrected chi connectivity index (χ2v) is 7.29. The lowest BCUT2D eigenvalue weighted by molar-refractivity contribution is 0.0476. The number of nitrogens with one attached hydrogen (secondary N) is 1. The van der Waals surface area contributed by atoms with E-state index in [1.165, 1.54) is 0 Å². The Morgan fingerprint density at radius 2 is 2.00 bits per heavy atom. The van der Waals surface area contributed by atoms with Gasteiger partial charge in [-0.1, -0.05) is 0 Å². The second-order valence-electron chi connectivity index (χ2n) is 7.29. The van der Waals surface area contributed by atoms with E-state index in [2.05, 4.69) is 9.88 Å². The average molecular weight is 375 g/mol. The minimum Gasteiger partial charge on any atom is -0.491 e. The van der Waals surface area contributed by atoms with Crippen LogP contribution in [0.3, 0.4) is 0 Å². The standard InChI is InChI=1S/C20H29N3O4/c1-14(2)27-15-11-17-16(19(12-15)23-6-8-25-9-7-23)13-18(21-17)20(24)26-10-5-22(3)4/h11-14,21H,5-10H2,1-4H3. The van der Waals surface area contributed by atoms with E-state index in [9.17, 15) is 4.79 Å². The van der Waals surface area contributed by atoms with Crippen molar-refractivity contribution in [3.63, 3.8) is 0 Å². The van der Waals surface area contributed by atoms with Crippen LogP contribution in [-0.4, -0.2) is 75.5 Å². The van der Waals surface area contributed by atoms with Gasteiger partial charge in [0.15, 0.2) is 0 Å². The Labute approximate surface area is 160 Å². The van der Waals surface area contributed by atoms with E-state index in [4.69, 9.17) is 14.2 Å². The zero-order valence-electron chi connectivity index (χ0n) is 16.6. The van der Waals surface area contributed by atoms with Crippen molar-refractivity contribution in [3.05, 3.63) is 23.9 Å². The summed E-state index contributed by atoms with van der Waals surface area (Å²) in [6.07, 6.45) is 0.0745. The van der Waals surface area contributed by atoms with Gasteiger partial charge in [0.2, 0.25) is 0 Å². The Morgan fingerprint density at radius 3 is 2.67 bits per heavy atom. The molecule has 1 aliphatic heterocycles. The second kappa shape index (κ2) is 8.63. The van der Waals surface area contributed by atoms with E-state index in [-0.39, 0.29) is 12.1 Å². The molecule has 0 unspecified atom stereocenters. The van der Waals surface area contributed by atoms with Crippen molar-refractivity contribution in [2.75, 3.05) is 58.5 Å². The van der Waals surface area contributed by atoms with E-state index in [0.717, 1.165) is 35.4 Å². The van der Waals surface area contributed by atoms with Crippen LogP contribution >= 0.6 is 0 Å². The molecule has 0 radical (unpaired) electrons. The summed E-state index contributed by atoms with van der Waals surface area (Å²) in [5.41, 5.74) is 2.38. The Hall–Kier alpha value is -2.25. The van der Waals surface area contributed by atoms with Gasteiger partial charge in [0.1, 0.15) is 18.1 Å². The van der Waals surface area contributed by atoms with E-state index in [1.54, 1.807) is 0 Å². The number of hydrogen-bond donors (Lipinski definition) is 1. The van der Waals surface area contributed by atoms with E-state index >= 15 is 0 Å². The van der Waals surface area contributed by atoms with Gasteiger partial charge in [-0.05, 0) is 34.0 Å². The molecule has 0 bridgehead atoms. The molecular weight excluding hydrogens is 346 g/mol. The maximum absolute atomic E-state index is 12.4. The third-order valence-corrected chi connectivity index (χ3v) is 4.40. The molecular formula is C20H29N3O4. The Morgan fingerprint density at radius 1 is 1.26 bits per heavy atom. The predicted molar refractivity (Wildman–Crippen MR) is 106 cm³/mol. The number of rotatable bonds is 7. The number of H-pyrrole nitrogens is 1. The first-order valence-electron chi connectivity index (χ1n) is 9.42. The predicted octanol–water partition coefficient (Wildman–Crippen LogP) is 2.51. The maximum atomic E-state index is 12.4. The van der Waals surface area contributed by atoms with Crippen LogP contribution in [-0.2, 0) is 9.47 Å². The SMILES string of the molecule is CC(C)Oc1cc(N2CCOCC2)c2cc(C(=O)OCCN(C)C)[nH]c2c1. The molecule has 0 saturated carbocycles. The molecule has 0 atom stereocenters. The van der Waals surface area contributed by atoms with Crippen LogP contribution in [0.5, 0.6) is 5.75 Å². The fraction of sp³-hybridized carbons (Fsp3) is 0.550. The number of nitrogens with zero attached hydrogens (tertiary/aromatic N) is 2. The summed E-state index contributed by atoms with van der Waals surface area (Å²) in [5.74, 6) is 0.445. The van der Waals surface area contributed by atoms with Gasteiger partial charge in [0, 0.05) is 37.2 Å². The largest absolute Gasteiger partial charge is 0.491 e. The number of likely N-dealkylation sites (N-methyl/N-ethyl adjacent to an activating group) is 1. The van der Waals surface area contributed by atoms with Crippen molar-refractivity contribution in [2.45, 2.75) is 20.0 Å². The molecule has 0 aliphatic carbocycles. The van der Waals surface area contributed by atoms with Gasteiger partial charge in [-0.25, -0.2) is 4.79 Å². The van der Waals surface area contributed by atoms with Gasteiger partial charge in [0.25, 0.3) is 0 Å². The number of hydrogen-bond acceptors (Lipinski definition) is 6. The van der Waals surface area contributed by atoms with Crippen LogP contribution in [0.4, 0.5) is 5.69 Å². The maximum Gasteiger partial charge on any atom is 0.354 e. The molecule has 1 aromatic heterocycles. The monoisotopic (exact) mass is 375 g/mol. The van der Waals surface area contributed by atoms with Crippen LogP contribution in [0.25, 0.3) is 10.9 Å². The molecule has 3 rings (SSSR count). The van der Waals surface area contributed by atoms with Crippen molar-refractivity contribution in [1.29, 1.82) is 0 Å². The summed E-state index contributed by atoms with van der Waals surface area (Å²) in [4.78, 5) is 19.9. The first-order valence-corrected chi connectivity index (χ1v) is 9.42. The fourth-order valence-electron chi connectivity index (χ4n) is 3.11. The molecule has 0 amide bonds. The van der Waals surface area contributed by atoms with Gasteiger partial charge >= 0.3 is 5.97 Å². The Balaban J connectivity index is 1.91. The molecule has 1 fully saturated rings. The van der Waals surface area contributed by atoms with E-state index < -0.39 is 0 Å². The summed E-state index contributed by atoms with van der Waals surface area (Å²) >= 11 is 0. The number of ether oxygens (including phenoxy) is 3. The zero-order valence-corrected chi connectivity index (χ0v) is 16.6. The van der Waals surface area contributed by atoms with E-state index in [0.29, 0.717) is 32.1 Å². The van der Waals surface area contributed by atoms with Crippen molar-refractivity contribution in [3.8, 4) is 5.75 Å². The minimum atomic E-state index is -0.340. The topological polar surface area (TPSA) is 67.0 Å². The third kappa shape index (κ3) is 4.93. The lowest BCUT2D eigenvalue weighted by atomic mass is 10.1. The molecule has 1 aliphatic rings. The molecule has 1 N–H and O–H groups in total. The Bertz CT molecular complexity index is 779. The number of esters is 1. The first kappa shape index (κ1) is 19.5. The zero-order chi connectivity index (χ0) is 19.4.